The summed E-state index contributed by atoms with van der Waals surface area (Å²) in [6, 6.07) is 10.3. The van der Waals surface area contributed by atoms with Crippen LogP contribution < -0.4 is 0 Å². The molecular formula is C18H15N3O. The number of benzene rings is 1. The molecule has 2 aliphatic heterocycles. The van der Waals surface area contributed by atoms with Crippen molar-refractivity contribution in [2.75, 3.05) is 0 Å². The first-order valence-electron chi connectivity index (χ1n) is 7.29. The van der Waals surface area contributed by atoms with Gasteiger partial charge in [-0.25, -0.2) is 0 Å². The molecule has 3 heterocycles. The Morgan fingerprint density at radius 1 is 1.09 bits per heavy atom. The van der Waals surface area contributed by atoms with Crippen molar-refractivity contribution >= 4 is 10.9 Å². The number of nitrogens with zero attached hydrogens (tertiary/aromatic N) is 3. The molecule has 2 aromatic rings. The molecule has 2 aliphatic rings. The first-order valence-corrected chi connectivity index (χ1v) is 7.29. The fraction of sp³-hybridized carbons (Fsp3) is 0.111. The third-order valence-corrected chi connectivity index (χ3v) is 4.05. The molecule has 1 aromatic carbocycles. The Labute approximate surface area is 128 Å². The lowest BCUT2D eigenvalue weighted by atomic mass is 10.0. The van der Waals surface area contributed by atoms with Gasteiger partial charge in [-0.2, -0.15) is 0 Å². The molecule has 1 N–H and O–H groups in total. The highest BCUT2D eigenvalue weighted by molar-refractivity contribution is 5.97. The zero-order valence-electron chi connectivity index (χ0n) is 12.2. The SMILES string of the molecule is CCn1cc2c(O)cnc-2c2ccc(-c3ccncc3)cc21. The minimum atomic E-state index is 0.234. The molecule has 0 saturated heterocycles. The summed E-state index contributed by atoms with van der Waals surface area (Å²) >= 11 is 0. The van der Waals surface area contributed by atoms with Gasteiger partial charge in [0.2, 0.25) is 0 Å². The van der Waals surface area contributed by atoms with Gasteiger partial charge in [-0.05, 0) is 36.2 Å². The van der Waals surface area contributed by atoms with Gasteiger partial charge in [-0.1, -0.05) is 12.1 Å². The van der Waals surface area contributed by atoms with Crippen LogP contribution in [0.3, 0.4) is 0 Å². The molecule has 4 rings (SSSR count). The first-order chi connectivity index (χ1) is 10.8. The predicted molar refractivity (Wildman–Crippen MR) is 86.9 cm³/mol. The van der Waals surface area contributed by atoms with Crippen LogP contribution in [-0.2, 0) is 6.54 Å². The normalized spacial score (nSPS) is 11.3. The third kappa shape index (κ3) is 1.84. The highest BCUT2D eigenvalue weighted by atomic mass is 16.3. The Morgan fingerprint density at radius 3 is 2.68 bits per heavy atom. The van der Waals surface area contributed by atoms with Crippen molar-refractivity contribution < 1.29 is 5.11 Å². The monoisotopic (exact) mass is 289 g/mol. The van der Waals surface area contributed by atoms with Crippen molar-refractivity contribution in [3.63, 3.8) is 0 Å². The van der Waals surface area contributed by atoms with Crippen molar-refractivity contribution in [2.24, 2.45) is 0 Å². The van der Waals surface area contributed by atoms with Gasteiger partial charge in [-0.3, -0.25) is 9.97 Å². The Kier molecular flexibility index (Phi) is 2.82. The number of aromatic hydroxyl groups is 1. The van der Waals surface area contributed by atoms with Crippen molar-refractivity contribution in [2.45, 2.75) is 13.5 Å². The van der Waals surface area contributed by atoms with E-state index in [-0.39, 0.29) is 5.75 Å². The fourth-order valence-electron chi connectivity index (χ4n) is 2.91. The molecule has 0 aliphatic carbocycles. The molecule has 0 spiro atoms. The maximum atomic E-state index is 9.94. The maximum absolute atomic E-state index is 9.94. The average molecular weight is 289 g/mol. The van der Waals surface area contributed by atoms with Crippen LogP contribution in [-0.4, -0.2) is 19.6 Å². The van der Waals surface area contributed by atoms with Crippen LogP contribution in [0.15, 0.2) is 55.1 Å². The molecule has 22 heavy (non-hydrogen) atoms. The van der Waals surface area contributed by atoms with Gasteiger partial charge in [0, 0.05) is 30.5 Å². The largest absolute Gasteiger partial charge is 0.506 e. The predicted octanol–water partition coefficient (Wildman–Crippen LogP) is 3.93. The Bertz CT molecular complexity index is 928. The van der Waals surface area contributed by atoms with Crippen LogP contribution in [0.5, 0.6) is 5.75 Å². The fourth-order valence-corrected chi connectivity index (χ4v) is 2.91. The minimum Gasteiger partial charge on any atom is -0.506 e. The number of aryl methyl sites for hydroxylation is 1. The molecule has 4 heteroatoms. The molecule has 0 saturated carbocycles. The highest BCUT2D eigenvalue weighted by Crippen LogP contribution is 2.37. The van der Waals surface area contributed by atoms with Crippen molar-refractivity contribution in [1.29, 1.82) is 0 Å². The molecule has 0 unspecified atom stereocenters. The molecule has 0 bridgehead atoms. The lowest BCUT2D eigenvalue weighted by Gasteiger charge is -2.14. The van der Waals surface area contributed by atoms with Crippen LogP contribution >= 0.6 is 0 Å². The van der Waals surface area contributed by atoms with Crippen LogP contribution in [0.2, 0.25) is 0 Å². The summed E-state index contributed by atoms with van der Waals surface area (Å²) in [5, 5.41) is 11.0. The minimum absolute atomic E-state index is 0.234. The van der Waals surface area contributed by atoms with Crippen molar-refractivity contribution in [3.8, 4) is 28.1 Å². The molecule has 0 atom stereocenters. The van der Waals surface area contributed by atoms with E-state index in [1.807, 2.05) is 18.3 Å². The van der Waals surface area contributed by atoms with E-state index in [9.17, 15) is 5.11 Å². The maximum Gasteiger partial charge on any atom is 0.144 e. The summed E-state index contributed by atoms with van der Waals surface area (Å²) in [7, 11) is 0. The number of hydrogen-bond acceptors (Lipinski definition) is 3. The lowest BCUT2D eigenvalue weighted by Crippen LogP contribution is -2.00. The Morgan fingerprint density at radius 2 is 1.91 bits per heavy atom. The van der Waals surface area contributed by atoms with Gasteiger partial charge in [0.1, 0.15) is 5.75 Å². The number of pyridine rings is 2. The second-order valence-corrected chi connectivity index (χ2v) is 5.29. The summed E-state index contributed by atoms with van der Waals surface area (Å²) in [5.41, 5.74) is 5.04. The molecule has 0 radical (unpaired) electrons. The summed E-state index contributed by atoms with van der Waals surface area (Å²) < 4.78 is 2.14. The zero-order valence-corrected chi connectivity index (χ0v) is 12.2. The van der Waals surface area contributed by atoms with Gasteiger partial charge in [0.05, 0.1) is 23.0 Å². The van der Waals surface area contributed by atoms with Gasteiger partial charge in [0.25, 0.3) is 0 Å². The summed E-state index contributed by atoms with van der Waals surface area (Å²) in [6.45, 7) is 2.93. The second-order valence-electron chi connectivity index (χ2n) is 5.29. The van der Waals surface area contributed by atoms with E-state index in [1.54, 1.807) is 12.4 Å². The smallest absolute Gasteiger partial charge is 0.144 e. The van der Waals surface area contributed by atoms with Gasteiger partial charge in [0.15, 0.2) is 0 Å². The molecule has 108 valence electrons. The topological polar surface area (TPSA) is 50.9 Å². The quantitative estimate of drug-likeness (QED) is 0.608. The molecule has 0 fully saturated rings. The standard InChI is InChI=1S/C18H15N3O/c1-2-21-11-15-17(22)10-20-18(15)14-4-3-13(9-16(14)21)12-5-7-19-8-6-12/h3-11,22H,2H2,1H3. The van der Waals surface area contributed by atoms with Crippen molar-refractivity contribution in [3.05, 3.63) is 55.1 Å². The van der Waals surface area contributed by atoms with E-state index in [1.165, 1.54) is 6.20 Å². The van der Waals surface area contributed by atoms with E-state index in [4.69, 9.17) is 0 Å². The molecule has 4 nitrogen and oxygen atoms in total. The van der Waals surface area contributed by atoms with E-state index < -0.39 is 0 Å². The van der Waals surface area contributed by atoms with Gasteiger partial charge in [-0.15, -0.1) is 0 Å². The van der Waals surface area contributed by atoms with Crippen LogP contribution in [0.25, 0.3) is 33.3 Å². The number of fused-ring (bicyclic) bond motifs is 3. The molecule has 0 amide bonds. The summed E-state index contributed by atoms with van der Waals surface area (Å²) in [5.74, 6) is 0.234. The Hall–Kier alpha value is -2.88. The first kappa shape index (κ1) is 12.8. The lowest BCUT2D eigenvalue weighted by molar-refractivity contribution is 0.478. The zero-order chi connectivity index (χ0) is 15.1. The summed E-state index contributed by atoms with van der Waals surface area (Å²) in [4.78, 5) is 8.42. The van der Waals surface area contributed by atoms with Gasteiger partial charge < -0.3 is 9.67 Å². The molecule has 1 aromatic heterocycles. The summed E-state index contributed by atoms with van der Waals surface area (Å²) in [6.07, 6.45) is 7.08. The third-order valence-electron chi connectivity index (χ3n) is 4.05. The van der Waals surface area contributed by atoms with E-state index >= 15 is 0 Å². The average Bonchev–Trinajstić information content (AvgIpc) is 2.95. The van der Waals surface area contributed by atoms with Gasteiger partial charge >= 0.3 is 0 Å². The highest BCUT2D eigenvalue weighted by Gasteiger charge is 2.16. The van der Waals surface area contributed by atoms with E-state index in [0.29, 0.717) is 0 Å². The molecular weight excluding hydrogens is 274 g/mol. The van der Waals surface area contributed by atoms with Crippen LogP contribution in [0, 0.1) is 0 Å². The van der Waals surface area contributed by atoms with Crippen LogP contribution in [0.1, 0.15) is 6.92 Å². The van der Waals surface area contributed by atoms with E-state index in [2.05, 4.69) is 39.7 Å². The Balaban J connectivity index is 2.04. The van der Waals surface area contributed by atoms with Crippen LogP contribution in [0.4, 0.5) is 0 Å². The number of rotatable bonds is 2. The van der Waals surface area contributed by atoms with E-state index in [0.717, 1.165) is 39.8 Å². The second kappa shape index (κ2) is 4.84. The van der Waals surface area contributed by atoms with Crippen molar-refractivity contribution in [1.82, 2.24) is 14.5 Å². The number of aromatic nitrogens is 3. The number of hydrogen-bond donors (Lipinski definition) is 1.